The van der Waals surface area contributed by atoms with E-state index < -0.39 is 31.1 Å². The number of benzene rings is 3. The number of carbonyl (C=O) groups is 1. The van der Waals surface area contributed by atoms with Gasteiger partial charge >= 0.3 is 0 Å². The molecule has 1 aliphatic heterocycles. The second-order valence-corrected chi connectivity index (χ2v) is 20.4. The molecule has 1 aliphatic carbocycles. The van der Waals surface area contributed by atoms with Crippen molar-refractivity contribution in [3.8, 4) is 5.75 Å². The second-order valence-electron chi connectivity index (χ2n) is 17.5. The summed E-state index contributed by atoms with van der Waals surface area (Å²) in [6.07, 6.45) is 18.3. The first-order chi connectivity index (χ1) is 28.2. The number of anilines is 1. The number of Topliss-reactive ketones (excluding diaryl/α,β-unsaturated/α-hetero) is 1. The number of carbonyl (C=O) groups excluding carboxylic acids is 1. The van der Waals surface area contributed by atoms with Crippen LogP contribution in [0, 0.1) is 5.92 Å². The molecule has 2 unspecified atom stereocenters. The van der Waals surface area contributed by atoms with Crippen LogP contribution < -0.4 is 4.90 Å². The summed E-state index contributed by atoms with van der Waals surface area (Å²) in [6.45, 7) is 15.4. The van der Waals surface area contributed by atoms with Crippen LogP contribution in [0.5, 0.6) is 5.75 Å². The second kappa shape index (κ2) is 19.2. The molecule has 0 bridgehead atoms. The van der Waals surface area contributed by atoms with Gasteiger partial charge in [-0.25, -0.2) is 0 Å². The molecule has 1 heterocycles. The molecule has 0 spiro atoms. The van der Waals surface area contributed by atoms with Gasteiger partial charge in [0.1, 0.15) is 11.5 Å². The van der Waals surface area contributed by atoms with Crippen molar-refractivity contribution in [1.82, 2.24) is 0 Å². The molecule has 3 aromatic rings. The summed E-state index contributed by atoms with van der Waals surface area (Å²) in [7, 11) is -8.77. The monoisotopic (exact) mass is 857 g/mol. The zero-order valence-corrected chi connectivity index (χ0v) is 37.9. The molecule has 0 amide bonds. The maximum absolute atomic E-state index is 13.0. The van der Waals surface area contributed by atoms with Gasteiger partial charge in [0.25, 0.3) is 20.2 Å². The summed E-state index contributed by atoms with van der Waals surface area (Å²) in [5.74, 6) is 0.931. The van der Waals surface area contributed by atoms with Crippen LogP contribution in [0.2, 0.25) is 0 Å². The molecule has 2 atom stereocenters. The molecule has 3 N–H and O–H groups in total. The first kappa shape index (κ1) is 46.8. The lowest BCUT2D eigenvalue weighted by Gasteiger charge is -2.40. The Kier molecular flexibility index (Phi) is 15.0. The van der Waals surface area contributed by atoms with Gasteiger partial charge in [-0.3, -0.25) is 13.9 Å². The first-order valence-electron chi connectivity index (χ1n) is 21.3. The maximum Gasteiger partial charge on any atom is 0.294 e. The van der Waals surface area contributed by atoms with E-state index in [9.17, 15) is 35.8 Å². The molecule has 0 aromatic heterocycles. The standard InChI is InChI=1S/C49H63NO8S2/c1-8-16-41-34(3)42-28-26-39(59(53,54)55)32-44(42)48(4,5)43(41)18-13-10-14-19-47-49(6,7)45-33-40(60(56,57)58)27-29-46(45)50(47)30-15-11-12-17-38(52)31-35(9-2)20-21-36-22-24-37(51)25-23-36/h10,13-14,18-19,22-29,32-35,51H,8-9,11-12,15-17,20-21,30-31H2,1-7H3,(H,53,54,55)(H,56,57,58). The lowest BCUT2D eigenvalue weighted by Crippen LogP contribution is -2.29. The molecule has 60 heavy (non-hydrogen) atoms. The molecule has 0 saturated carbocycles. The Morgan fingerprint density at radius 1 is 0.800 bits per heavy atom. The molecule has 2 aliphatic rings. The molecular weight excluding hydrogens is 795 g/mol. The molecule has 0 fully saturated rings. The van der Waals surface area contributed by atoms with Gasteiger partial charge in [0.05, 0.1) is 9.79 Å². The van der Waals surface area contributed by atoms with Gasteiger partial charge in [-0.05, 0) is 114 Å². The minimum atomic E-state index is -4.41. The number of rotatable bonds is 19. The van der Waals surface area contributed by atoms with Crippen LogP contribution in [0.1, 0.15) is 134 Å². The van der Waals surface area contributed by atoms with Crippen LogP contribution in [0.15, 0.2) is 118 Å². The number of nitrogens with zero attached hydrogens (tertiary/aromatic N) is 1. The fourth-order valence-electron chi connectivity index (χ4n) is 9.11. The van der Waals surface area contributed by atoms with Crippen molar-refractivity contribution in [2.75, 3.05) is 11.4 Å². The highest BCUT2D eigenvalue weighted by molar-refractivity contribution is 7.86. The normalized spacial score (nSPS) is 18.7. The number of aromatic hydroxyl groups is 1. The lowest BCUT2D eigenvalue weighted by atomic mass is 9.64. The van der Waals surface area contributed by atoms with Crippen molar-refractivity contribution in [2.45, 2.75) is 139 Å². The average molecular weight is 858 g/mol. The van der Waals surface area contributed by atoms with Crippen LogP contribution in [0.25, 0.3) is 0 Å². The third-order valence-electron chi connectivity index (χ3n) is 12.6. The van der Waals surface area contributed by atoms with E-state index in [0.717, 1.165) is 90.6 Å². The Morgan fingerprint density at radius 3 is 2.08 bits per heavy atom. The maximum atomic E-state index is 13.0. The number of hydrogen-bond acceptors (Lipinski definition) is 7. The number of allylic oxidation sites excluding steroid dienone is 8. The van der Waals surface area contributed by atoms with Crippen LogP contribution in [0.3, 0.4) is 0 Å². The average Bonchev–Trinajstić information content (AvgIpc) is 3.40. The van der Waals surface area contributed by atoms with Gasteiger partial charge in [0.2, 0.25) is 0 Å². The van der Waals surface area contributed by atoms with E-state index in [0.29, 0.717) is 25.3 Å². The van der Waals surface area contributed by atoms with Crippen molar-refractivity contribution >= 4 is 31.7 Å². The topological polar surface area (TPSA) is 149 Å². The first-order valence-corrected chi connectivity index (χ1v) is 24.2. The molecule has 324 valence electrons. The van der Waals surface area contributed by atoms with E-state index in [-0.39, 0.29) is 27.2 Å². The number of phenols is 1. The third kappa shape index (κ3) is 10.8. The van der Waals surface area contributed by atoms with E-state index in [1.807, 2.05) is 56.4 Å². The van der Waals surface area contributed by atoms with E-state index in [2.05, 4.69) is 45.6 Å². The fourth-order valence-corrected chi connectivity index (χ4v) is 10.1. The highest BCUT2D eigenvalue weighted by atomic mass is 32.2. The molecule has 9 nitrogen and oxygen atoms in total. The fraction of sp³-hybridized carbons (Fsp3) is 0.449. The van der Waals surface area contributed by atoms with Crippen molar-refractivity contribution in [3.05, 3.63) is 130 Å². The van der Waals surface area contributed by atoms with Crippen LogP contribution >= 0.6 is 0 Å². The number of unbranched alkanes of at least 4 members (excludes halogenated alkanes) is 2. The molecule has 11 heteroatoms. The Labute approximate surface area is 358 Å². The SMILES string of the molecule is CCCC1=C(C=CC=CC=C2N(CCCCCC(=O)CC(CC)CCc3ccc(O)cc3)c3ccc(S(=O)(=O)O)cc3C2(C)C)C(C)(C)c2cc(S(=O)(=O)O)ccc2C1C. The van der Waals surface area contributed by atoms with Crippen LogP contribution in [-0.4, -0.2) is 43.4 Å². The summed E-state index contributed by atoms with van der Waals surface area (Å²) in [5, 5.41) is 9.57. The van der Waals surface area contributed by atoms with E-state index in [1.165, 1.54) is 17.7 Å². The molecular formula is C49H63NO8S2. The van der Waals surface area contributed by atoms with Crippen molar-refractivity contribution < 1.29 is 35.8 Å². The number of fused-ring (bicyclic) bond motifs is 2. The Bertz CT molecular complexity index is 2390. The smallest absolute Gasteiger partial charge is 0.294 e. The minimum Gasteiger partial charge on any atom is -0.508 e. The third-order valence-corrected chi connectivity index (χ3v) is 14.3. The summed E-state index contributed by atoms with van der Waals surface area (Å²) < 4.78 is 68.2. The van der Waals surface area contributed by atoms with Crippen molar-refractivity contribution in [2.24, 2.45) is 5.92 Å². The summed E-state index contributed by atoms with van der Waals surface area (Å²) >= 11 is 0. The quantitative estimate of drug-likeness (QED) is 0.0608. The molecule has 0 radical (unpaired) electrons. The number of aryl methyl sites for hydroxylation is 1. The number of phenolic OH excluding ortho intramolecular Hbond substituents is 1. The van der Waals surface area contributed by atoms with Gasteiger partial charge in [-0.1, -0.05) is 116 Å². The zero-order chi connectivity index (χ0) is 44.0. The summed E-state index contributed by atoms with van der Waals surface area (Å²) in [4.78, 5) is 15.0. The van der Waals surface area contributed by atoms with E-state index >= 15 is 0 Å². The van der Waals surface area contributed by atoms with E-state index in [4.69, 9.17) is 0 Å². The minimum absolute atomic E-state index is 0.0713. The highest BCUT2D eigenvalue weighted by Gasteiger charge is 2.41. The van der Waals surface area contributed by atoms with Gasteiger partial charge < -0.3 is 10.0 Å². The molecule has 5 rings (SSSR count). The Hall–Kier alpha value is -4.29. The number of hydrogen-bond donors (Lipinski definition) is 3. The lowest BCUT2D eigenvalue weighted by molar-refractivity contribution is -0.120. The molecule has 0 saturated heterocycles. The Morgan fingerprint density at radius 2 is 1.45 bits per heavy atom. The van der Waals surface area contributed by atoms with Crippen LogP contribution in [0.4, 0.5) is 5.69 Å². The van der Waals surface area contributed by atoms with Gasteiger partial charge in [0.15, 0.2) is 0 Å². The van der Waals surface area contributed by atoms with Crippen LogP contribution in [-0.2, 0) is 42.3 Å². The predicted octanol–water partition coefficient (Wildman–Crippen LogP) is 11.3. The Balaban J connectivity index is 1.31. The summed E-state index contributed by atoms with van der Waals surface area (Å²) in [6, 6.07) is 16.9. The summed E-state index contributed by atoms with van der Waals surface area (Å²) in [5.41, 5.74) is 7.05. The zero-order valence-electron chi connectivity index (χ0n) is 36.2. The van der Waals surface area contributed by atoms with Crippen molar-refractivity contribution in [3.63, 3.8) is 0 Å². The van der Waals surface area contributed by atoms with Gasteiger partial charge in [-0.15, -0.1) is 0 Å². The largest absolute Gasteiger partial charge is 0.508 e. The van der Waals surface area contributed by atoms with E-state index in [1.54, 1.807) is 30.3 Å². The van der Waals surface area contributed by atoms with Gasteiger partial charge in [-0.2, -0.15) is 16.8 Å². The van der Waals surface area contributed by atoms with Crippen molar-refractivity contribution in [1.29, 1.82) is 0 Å². The number of ketones is 1. The molecule has 3 aromatic carbocycles. The highest BCUT2D eigenvalue weighted by Crippen LogP contribution is 2.50. The van der Waals surface area contributed by atoms with Gasteiger partial charge in [0, 0.05) is 47.5 Å². The predicted molar refractivity (Wildman–Crippen MR) is 241 cm³/mol.